The predicted molar refractivity (Wildman–Crippen MR) is 96.9 cm³/mol. The second-order valence-corrected chi connectivity index (χ2v) is 6.32. The maximum absolute atomic E-state index is 14.1. The molecule has 3 rings (SSSR count). The summed E-state index contributed by atoms with van der Waals surface area (Å²) in [4.78, 5) is 4.55. The van der Waals surface area contributed by atoms with Crippen LogP contribution in [0.15, 0.2) is 48.5 Å². The molecule has 0 bridgehead atoms. The topological polar surface area (TPSA) is 45.9 Å². The van der Waals surface area contributed by atoms with Crippen LogP contribution in [0.2, 0.25) is 0 Å². The van der Waals surface area contributed by atoms with E-state index in [2.05, 4.69) is 11.1 Å². The summed E-state index contributed by atoms with van der Waals surface area (Å²) in [6.45, 7) is 3.99. The molecule has 0 spiro atoms. The maximum atomic E-state index is 14.1. The molecule has 0 amide bonds. The van der Waals surface area contributed by atoms with Gasteiger partial charge in [-0.1, -0.05) is 44.2 Å². The Balaban J connectivity index is 2.10. The van der Waals surface area contributed by atoms with Gasteiger partial charge in [0, 0.05) is 16.5 Å². The summed E-state index contributed by atoms with van der Waals surface area (Å²) < 4.78 is 19.5. The largest absolute Gasteiger partial charge is 0.481 e. The minimum absolute atomic E-state index is 0.154. The van der Waals surface area contributed by atoms with Gasteiger partial charge in [-0.15, -0.1) is 0 Å². The lowest BCUT2D eigenvalue weighted by molar-refractivity contribution is 0.387. The first-order chi connectivity index (χ1) is 12.0. The molecule has 0 aliphatic heterocycles. The molecule has 1 atom stereocenters. The maximum Gasteiger partial charge on any atom is 0.218 e. The van der Waals surface area contributed by atoms with E-state index in [1.165, 1.54) is 6.07 Å². The minimum atomic E-state index is -0.287. The fourth-order valence-corrected chi connectivity index (χ4v) is 2.98. The van der Waals surface area contributed by atoms with Crippen LogP contribution in [-0.2, 0) is 0 Å². The molecule has 4 heteroatoms. The van der Waals surface area contributed by atoms with Crippen molar-refractivity contribution in [2.24, 2.45) is 5.92 Å². The lowest BCUT2D eigenvalue weighted by Crippen LogP contribution is -2.07. The first kappa shape index (κ1) is 16.9. The quantitative estimate of drug-likeness (QED) is 0.649. The average molecular weight is 334 g/mol. The molecule has 0 aliphatic rings. The van der Waals surface area contributed by atoms with E-state index in [9.17, 15) is 9.65 Å². The number of methoxy groups -OCH3 is 1. The van der Waals surface area contributed by atoms with Crippen LogP contribution in [0.3, 0.4) is 0 Å². The molecule has 0 fully saturated rings. The molecule has 3 aromatic rings. The Labute approximate surface area is 146 Å². The Hall–Kier alpha value is -2.93. The summed E-state index contributed by atoms with van der Waals surface area (Å²) in [6.07, 6.45) is 0. The van der Waals surface area contributed by atoms with E-state index in [1.807, 2.05) is 44.2 Å². The molecule has 2 aromatic carbocycles. The molecular weight excluding hydrogens is 315 g/mol. The Morgan fingerprint density at radius 1 is 1.12 bits per heavy atom. The van der Waals surface area contributed by atoms with Crippen molar-refractivity contribution in [2.45, 2.75) is 19.8 Å². The van der Waals surface area contributed by atoms with Gasteiger partial charge >= 0.3 is 0 Å². The third-order valence-corrected chi connectivity index (χ3v) is 4.35. The molecule has 0 radical (unpaired) electrons. The fraction of sp³-hybridized carbons (Fsp3) is 0.238. The molecule has 25 heavy (non-hydrogen) atoms. The van der Waals surface area contributed by atoms with Gasteiger partial charge in [0.15, 0.2) is 0 Å². The second kappa shape index (κ2) is 6.90. The van der Waals surface area contributed by atoms with Crippen molar-refractivity contribution in [2.75, 3.05) is 7.11 Å². The molecule has 0 aliphatic carbocycles. The highest BCUT2D eigenvalue weighted by Gasteiger charge is 2.21. The fourth-order valence-electron chi connectivity index (χ4n) is 2.98. The van der Waals surface area contributed by atoms with Gasteiger partial charge in [0.25, 0.3) is 0 Å². The highest BCUT2D eigenvalue weighted by molar-refractivity contribution is 5.87. The highest BCUT2D eigenvalue weighted by Crippen LogP contribution is 2.33. The number of halogens is 1. The number of benzene rings is 2. The number of aromatic nitrogens is 1. The molecule has 3 nitrogen and oxygen atoms in total. The van der Waals surface area contributed by atoms with Gasteiger partial charge < -0.3 is 4.74 Å². The average Bonchev–Trinajstić information content (AvgIpc) is 2.62. The lowest BCUT2D eigenvalue weighted by Gasteiger charge is -2.17. The van der Waals surface area contributed by atoms with Gasteiger partial charge in [-0.05, 0) is 29.5 Å². The van der Waals surface area contributed by atoms with Crippen LogP contribution >= 0.6 is 0 Å². The van der Waals surface area contributed by atoms with E-state index in [1.54, 1.807) is 19.2 Å². The monoisotopic (exact) mass is 334 g/mol. The Morgan fingerprint density at radius 3 is 2.60 bits per heavy atom. The number of nitrogens with zero attached hydrogens (tertiary/aromatic N) is 2. The first-order valence-electron chi connectivity index (χ1n) is 8.18. The highest BCUT2D eigenvalue weighted by atomic mass is 19.1. The molecular formula is C21H19FN2O. The van der Waals surface area contributed by atoms with Crippen molar-refractivity contribution in [3.63, 3.8) is 0 Å². The van der Waals surface area contributed by atoms with E-state index in [0.717, 1.165) is 16.5 Å². The Bertz CT molecular complexity index is 960. The Morgan fingerprint density at radius 2 is 1.92 bits per heavy atom. The molecule has 0 saturated carbocycles. The van der Waals surface area contributed by atoms with Crippen molar-refractivity contribution in [3.8, 4) is 23.2 Å². The summed E-state index contributed by atoms with van der Waals surface area (Å²) in [7, 11) is 1.55. The number of hydrogen-bond donors (Lipinski definition) is 0. The second-order valence-electron chi connectivity index (χ2n) is 6.32. The smallest absolute Gasteiger partial charge is 0.218 e. The van der Waals surface area contributed by atoms with E-state index in [-0.39, 0.29) is 17.7 Å². The molecule has 1 aromatic heterocycles. The van der Waals surface area contributed by atoms with Gasteiger partial charge in [-0.3, -0.25) is 0 Å². The van der Waals surface area contributed by atoms with Crippen molar-refractivity contribution in [3.05, 3.63) is 59.9 Å². The van der Waals surface area contributed by atoms with Crippen LogP contribution in [0.4, 0.5) is 4.39 Å². The Kier molecular flexibility index (Phi) is 4.67. The molecule has 1 heterocycles. The number of nitriles is 1. The zero-order valence-electron chi connectivity index (χ0n) is 14.5. The van der Waals surface area contributed by atoms with E-state index in [4.69, 9.17) is 4.74 Å². The molecule has 1 unspecified atom stereocenters. The summed E-state index contributed by atoms with van der Waals surface area (Å²) in [5.74, 6) is 0.0468. The van der Waals surface area contributed by atoms with Gasteiger partial charge in [0.2, 0.25) is 5.88 Å². The van der Waals surface area contributed by atoms with Gasteiger partial charge in [-0.25, -0.2) is 9.37 Å². The van der Waals surface area contributed by atoms with Crippen molar-refractivity contribution in [1.82, 2.24) is 4.98 Å². The van der Waals surface area contributed by atoms with Crippen LogP contribution in [-0.4, -0.2) is 12.1 Å². The molecule has 0 saturated heterocycles. The zero-order chi connectivity index (χ0) is 18.0. The van der Waals surface area contributed by atoms with Crippen LogP contribution in [0, 0.1) is 23.1 Å². The number of ether oxygens (including phenoxy) is 1. The van der Waals surface area contributed by atoms with Crippen LogP contribution < -0.4 is 4.74 Å². The normalized spacial score (nSPS) is 12.2. The lowest BCUT2D eigenvalue weighted by atomic mass is 9.90. The van der Waals surface area contributed by atoms with Gasteiger partial charge in [0.1, 0.15) is 5.82 Å². The van der Waals surface area contributed by atoms with E-state index >= 15 is 0 Å². The van der Waals surface area contributed by atoms with Crippen LogP contribution in [0.25, 0.3) is 22.0 Å². The standard InChI is InChI=1S/C21H19FN2O/c1-13(2)18(12-23)16-9-10-20(24-21(16)25-3)15-8-7-14-5-4-6-19(22)17(14)11-15/h4-11,13,18H,1-3H3. The number of hydrogen-bond acceptors (Lipinski definition) is 3. The number of fused-ring (bicyclic) bond motifs is 1. The van der Waals surface area contributed by atoms with E-state index in [0.29, 0.717) is 17.0 Å². The number of rotatable bonds is 4. The summed E-state index contributed by atoms with van der Waals surface area (Å²) >= 11 is 0. The summed E-state index contributed by atoms with van der Waals surface area (Å²) in [5, 5.41) is 10.8. The van der Waals surface area contributed by atoms with Crippen LogP contribution in [0.1, 0.15) is 25.3 Å². The van der Waals surface area contributed by atoms with Gasteiger partial charge in [0.05, 0.1) is 24.8 Å². The number of pyridine rings is 1. The zero-order valence-corrected chi connectivity index (χ0v) is 14.5. The molecule has 0 N–H and O–H groups in total. The third-order valence-electron chi connectivity index (χ3n) is 4.35. The first-order valence-corrected chi connectivity index (χ1v) is 8.18. The summed E-state index contributed by atoms with van der Waals surface area (Å²) in [6, 6.07) is 16.6. The van der Waals surface area contributed by atoms with Crippen molar-refractivity contribution in [1.29, 1.82) is 5.26 Å². The van der Waals surface area contributed by atoms with Crippen molar-refractivity contribution < 1.29 is 9.13 Å². The van der Waals surface area contributed by atoms with Crippen LogP contribution in [0.5, 0.6) is 5.88 Å². The van der Waals surface area contributed by atoms with Gasteiger partial charge in [-0.2, -0.15) is 5.26 Å². The van der Waals surface area contributed by atoms with Crippen molar-refractivity contribution >= 4 is 10.8 Å². The summed E-state index contributed by atoms with van der Waals surface area (Å²) in [5.41, 5.74) is 2.27. The van der Waals surface area contributed by atoms with E-state index < -0.39 is 0 Å². The SMILES string of the molecule is COc1nc(-c2ccc3cccc(F)c3c2)ccc1C(C#N)C(C)C. The molecule has 126 valence electrons. The minimum Gasteiger partial charge on any atom is -0.481 e. The predicted octanol–water partition coefficient (Wildman–Crippen LogP) is 5.31. The third kappa shape index (κ3) is 3.18.